The van der Waals surface area contributed by atoms with Gasteiger partial charge in [0, 0.05) is 0 Å². The molecule has 6 heteroatoms. The molecule has 0 saturated carbocycles. The minimum Gasteiger partial charge on any atom is -0.147 e. The van der Waals surface area contributed by atoms with E-state index in [0.29, 0.717) is 0 Å². The van der Waals surface area contributed by atoms with Crippen LogP contribution < -0.4 is 6.54 Å². The predicted octanol–water partition coefficient (Wildman–Crippen LogP) is 11.5. The van der Waals surface area contributed by atoms with E-state index in [2.05, 4.69) is 203 Å². The van der Waals surface area contributed by atoms with Crippen molar-refractivity contribution in [3.63, 3.8) is 0 Å². The molecule has 56 heavy (non-hydrogen) atoms. The molecule has 2 nitrogen and oxygen atoms in total. The van der Waals surface area contributed by atoms with E-state index in [4.69, 9.17) is 9.97 Å². The summed E-state index contributed by atoms with van der Waals surface area (Å²) in [5, 5.41) is 2.33. The summed E-state index contributed by atoms with van der Waals surface area (Å²) < 4.78 is 3.52. The van der Waals surface area contributed by atoms with Crippen LogP contribution in [0.3, 0.4) is 0 Å². The van der Waals surface area contributed by atoms with Crippen LogP contribution in [-0.4, -0.2) is 16.8 Å². The van der Waals surface area contributed by atoms with Gasteiger partial charge < -0.3 is 0 Å². The first kappa shape index (κ1) is 38.2. The second-order valence-corrected chi connectivity index (χ2v) is 38.2. The molecule has 10 rings (SSSR count). The Balaban J connectivity index is 0.00000220. The minimum absolute atomic E-state index is 0. The van der Waals surface area contributed by atoms with E-state index in [1.54, 1.807) is 0 Å². The molecule has 2 aliphatic carbocycles. The number of nitrogens with zero attached hydrogens (tertiary/aromatic N) is 2. The monoisotopic (exact) mass is 858 g/mol. The van der Waals surface area contributed by atoms with Crippen LogP contribution in [0.1, 0.15) is 43.4 Å². The van der Waals surface area contributed by atoms with Crippen LogP contribution in [0.25, 0.3) is 56.2 Å². The number of halogens is 2. The number of hydrogen-bond acceptors (Lipinski definition) is 2. The molecule has 0 bridgehead atoms. The summed E-state index contributed by atoms with van der Waals surface area (Å²) in [7, 11) is 0. The number of fused-ring (bicyclic) bond motifs is 4. The largest absolute Gasteiger partial charge is 0.147 e. The smallest absolute Gasteiger partial charge is 0.147 e. The summed E-state index contributed by atoms with van der Waals surface area (Å²) in [4.78, 5) is 9.82. The van der Waals surface area contributed by atoms with Gasteiger partial charge in [0.15, 0.2) is 0 Å². The molecule has 274 valence electrons. The molecule has 0 aliphatic heterocycles. The Morgan fingerprint density at radius 3 is 1.29 bits per heavy atom. The zero-order chi connectivity index (χ0) is 36.5. The van der Waals surface area contributed by atoms with Crippen molar-refractivity contribution in [2.24, 2.45) is 0 Å². The Bertz CT molecular complexity index is 2740. The molecule has 0 amide bonds. The third-order valence-corrected chi connectivity index (χ3v) is 40.8. The molecule has 6 aromatic carbocycles. The number of hydrogen-bond donors (Lipinski definition) is 0. The quantitative estimate of drug-likeness (QED) is 0.156. The maximum atomic E-state index is 4.91. The SMILES string of the molecule is CC1=Cc2c(-c3cnc4ccccc4c3)cccc2[CH]1[Zr](=[SiH2])([c]1ccccc1)([c]1ccccc1)[CH]1C(C)=Cc2c(-c3cnc4ccccc4c3)cccc21.Cl.Cl. The molecule has 2 aromatic heterocycles. The third-order valence-electron chi connectivity index (χ3n) is 12.6. The Morgan fingerprint density at radius 2 is 0.857 bits per heavy atom. The van der Waals surface area contributed by atoms with Crippen LogP contribution in [0.15, 0.2) is 181 Å². The summed E-state index contributed by atoms with van der Waals surface area (Å²) in [6.07, 6.45) is 9.16. The Labute approximate surface area is 343 Å². The molecule has 0 radical (unpaired) electrons. The number of aromatic nitrogens is 2. The van der Waals surface area contributed by atoms with Crippen molar-refractivity contribution in [3.8, 4) is 22.3 Å². The van der Waals surface area contributed by atoms with Crippen LogP contribution in [0.4, 0.5) is 0 Å². The van der Waals surface area contributed by atoms with Gasteiger partial charge >= 0.3 is 322 Å². The molecule has 2 unspecified atom stereocenters. The predicted molar refractivity (Wildman–Crippen MR) is 242 cm³/mol. The average molecular weight is 861 g/mol. The summed E-state index contributed by atoms with van der Waals surface area (Å²) in [5.74, 6) is 0. The topological polar surface area (TPSA) is 25.8 Å². The molecule has 8 aromatic rings. The van der Waals surface area contributed by atoms with Crippen molar-refractivity contribution in [3.05, 3.63) is 204 Å². The normalized spacial score (nSPS) is 16.0. The molecule has 0 spiro atoms. The Morgan fingerprint density at radius 1 is 0.464 bits per heavy atom. The standard InChI is InChI=1S/2C19H14N.2C6H5.2ClH.H2Si.Zr/c2*1-13-9-14-6-4-7-17(18(14)10-13)16-11-15-5-2-3-8-19(15)20-12-16;2*1-2-4-6-5-3-1;;;;/h2*2-12H,1H3;2*1-5H;2*1H;1H2;. The molecule has 2 heterocycles. The van der Waals surface area contributed by atoms with Crippen molar-refractivity contribution in [2.75, 3.05) is 0 Å². The maximum Gasteiger partial charge on any atom is -0.147 e. The number of allylic oxidation sites excluding steroid dienone is 2. The van der Waals surface area contributed by atoms with Gasteiger partial charge in [0.1, 0.15) is 0 Å². The maximum absolute atomic E-state index is 4.91. The third kappa shape index (κ3) is 5.60. The van der Waals surface area contributed by atoms with E-state index in [9.17, 15) is 0 Å². The van der Waals surface area contributed by atoms with Crippen LogP contribution in [-0.2, 0) is 17.4 Å². The molecule has 0 fully saturated rings. The second kappa shape index (κ2) is 14.7. The first-order valence-electron chi connectivity index (χ1n) is 18.9. The molecule has 2 atom stereocenters. The second-order valence-electron chi connectivity index (χ2n) is 15.5. The summed E-state index contributed by atoms with van der Waals surface area (Å²) in [5.41, 5.74) is 15.4. The van der Waals surface area contributed by atoms with Gasteiger partial charge in [0.25, 0.3) is 0 Å². The number of pyridine rings is 2. The van der Waals surface area contributed by atoms with E-state index < -0.39 is 17.4 Å². The number of para-hydroxylation sites is 2. The summed E-state index contributed by atoms with van der Waals surface area (Å²) in [6.45, 7) is 7.24. The van der Waals surface area contributed by atoms with E-state index in [-0.39, 0.29) is 32.1 Å². The van der Waals surface area contributed by atoms with Crippen molar-refractivity contribution in [2.45, 2.75) is 21.1 Å². The van der Waals surface area contributed by atoms with Gasteiger partial charge in [-0.3, -0.25) is 0 Å². The van der Waals surface area contributed by atoms with Crippen LogP contribution in [0, 0.1) is 0 Å². The minimum atomic E-state index is -4.76. The number of rotatable bonds is 6. The molecular formula is C50H42Cl2N2SiZr. The van der Waals surface area contributed by atoms with Gasteiger partial charge in [-0.05, 0) is 0 Å². The summed E-state index contributed by atoms with van der Waals surface area (Å²) >= 11 is -4.76. The van der Waals surface area contributed by atoms with Gasteiger partial charge in [-0.25, -0.2) is 0 Å². The van der Waals surface area contributed by atoms with Crippen molar-refractivity contribution < 1.29 is 17.4 Å². The molecule has 0 N–H and O–H groups in total. The van der Waals surface area contributed by atoms with Gasteiger partial charge in [-0.15, -0.1) is 24.8 Å². The zero-order valence-corrected chi connectivity index (χ0v) is 36.9. The van der Waals surface area contributed by atoms with Crippen molar-refractivity contribution >= 4 is 72.2 Å². The van der Waals surface area contributed by atoms with Gasteiger partial charge in [-0.1, -0.05) is 0 Å². The van der Waals surface area contributed by atoms with E-state index in [1.807, 2.05) is 0 Å². The van der Waals surface area contributed by atoms with E-state index >= 15 is 0 Å². The molecular weight excluding hydrogens is 819 g/mol. The fraction of sp³-hybridized carbons (Fsp3) is 0.0800. The van der Waals surface area contributed by atoms with Crippen molar-refractivity contribution in [1.29, 1.82) is 0 Å². The first-order valence-corrected chi connectivity index (χ1v) is 30.1. The number of benzene rings is 6. The van der Waals surface area contributed by atoms with Gasteiger partial charge in [0.2, 0.25) is 0 Å². The average Bonchev–Trinajstić information content (AvgIpc) is 3.77. The summed E-state index contributed by atoms with van der Waals surface area (Å²) in [6, 6.07) is 58.9. The van der Waals surface area contributed by atoms with Gasteiger partial charge in [-0.2, -0.15) is 0 Å². The van der Waals surface area contributed by atoms with Crippen LogP contribution >= 0.6 is 24.8 Å². The van der Waals surface area contributed by atoms with Gasteiger partial charge in [0.05, 0.1) is 0 Å². The van der Waals surface area contributed by atoms with Crippen molar-refractivity contribution in [1.82, 2.24) is 9.97 Å². The fourth-order valence-electron chi connectivity index (χ4n) is 10.5. The zero-order valence-electron chi connectivity index (χ0n) is 31.4. The van der Waals surface area contributed by atoms with Crippen LogP contribution in [0.5, 0.6) is 0 Å². The Kier molecular flexibility index (Phi) is 10.0. The van der Waals surface area contributed by atoms with E-state index in [1.165, 1.54) is 73.0 Å². The fourth-order valence-corrected chi connectivity index (χ4v) is 39.6. The molecule has 2 aliphatic rings. The Hall–Kier alpha value is -4.70. The van der Waals surface area contributed by atoms with E-state index in [0.717, 1.165) is 11.0 Å². The first-order chi connectivity index (χ1) is 26.4. The molecule has 0 saturated heterocycles. The van der Waals surface area contributed by atoms with Crippen LogP contribution in [0.2, 0.25) is 0 Å².